The highest BCUT2D eigenvalue weighted by Crippen LogP contribution is 2.29. The van der Waals surface area contributed by atoms with Crippen molar-refractivity contribution in [3.8, 4) is 5.75 Å². The van der Waals surface area contributed by atoms with Crippen LogP contribution in [0.3, 0.4) is 0 Å². The highest BCUT2D eigenvalue weighted by molar-refractivity contribution is 9.10. The summed E-state index contributed by atoms with van der Waals surface area (Å²) in [5.74, 6) is -0.150. The maximum Gasteiger partial charge on any atom is 0.168 e. The second-order valence-corrected chi connectivity index (χ2v) is 5.70. The largest absolute Gasteiger partial charge is 0.494 e. The molecule has 0 aliphatic heterocycles. The number of halogens is 3. The lowest BCUT2D eigenvalue weighted by Gasteiger charge is -2.15. The van der Waals surface area contributed by atoms with Gasteiger partial charge in [-0.25, -0.2) is 4.39 Å². The summed E-state index contributed by atoms with van der Waals surface area (Å²) >= 11 is 9.41. The molecule has 1 atom stereocenters. The standard InChI is InChI=1S/C15H14BrClFNO/c1-20-14-4-2-3-9(15(14)18)7-13(19)11-8-10(17)5-6-12(11)16/h2-6,8,13H,7,19H2,1H3. The van der Waals surface area contributed by atoms with Crippen molar-refractivity contribution in [3.05, 3.63) is 62.8 Å². The first kappa shape index (κ1) is 15.3. The monoisotopic (exact) mass is 357 g/mol. The minimum atomic E-state index is -0.372. The number of hydrogen-bond donors (Lipinski definition) is 1. The highest BCUT2D eigenvalue weighted by Gasteiger charge is 2.15. The van der Waals surface area contributed by atoms with Crippen LogP contribution in [0.5, 0.6) is 5.75 Å². The fourth-order valence-corrected chi connectivity index (χ4v) is 2.74. The zero-order valence-corrected chi connectivity index (χ0v) is 13.2. The van der Waals surface area contributed by atoms with Gasteiger partial charge in [0.25, 0.3) is 0 Å². The summed E-state index contributed by atoms with van der Waals surface area (Å²) in [6.45, 7) is 0. The maximum atomic E-state index is 14.1. The van der Waals surface area contributed by atoms with Gasteiger partial charge in [0.2, 0.25) is 0 Å². The Morgan fingerprint density at radius 2 is 2.10 bits per heavy atom. The summed E-state index contributed by atoms with van der Waals surface area (Å²) in [6.07, 6.45) is 0.363. The second kappa shape index (κ2) is 6.57. The van der Waals surface area contributed by atoms with E-state index in [4.69, 9.17) is 22.1 Å². The van der Waals surface area contributed by atoms with Gasteiger partial charge in [-0.2, -0.15) is 0 Å². The highest BCUT2D eigenvalue weighted by atomic mass is 79.9. The average Bonchev–Trinajstić information content (AvgIpc) is 2.43. The Kier molecular flexibility index (Phi) is 5.02. The van der Waals surface area contributed by atoms with Gasteiger partial charge >= 0.3 is 0 Å². The van der Waals surface area contributed by atoms with Gasteiger partial charge in [-0.1, -0.05) is 39.7 Å². The van der Waals surface area contributed by atoms with Gasteiger partial charge in [0.05, 0.1) is 7.11 Å². The van der Waals surface area contributed by atoms with Crippen molar-refractivity contribution < 1.29 is 9.13 Å². The third-order valence-corrected chi connectivity index (χ3v) is 4.02. The summed E-state index contributed by atoms with van der Waals surface area (Å²) in [6, 6.07) is 10.1. The van der Waals surface area contributed by atoms with Crippen LogP contribution < -0.4 is 10.5 Å². The Balaban J connectivity index is 2.28. The Bertz CT molecular complexity index is 621. The minimum absolute atomic E-state index is 0.222. The SMILES string of the molecule is COc1cccc(CC(N)c2cc(Cl)ccc2Br)c1F. The van der Waals surface area contributed by atoms with Crippen molar-refractivity contribution >= 4 is 27.5 Å². The van der Waals surface area contributed by atoms with Crippen LogP contribution >= 0.6 is 27.5 Å². The van der Waals surface area contributed by atoms with E-state index in [0.717, 1.165) is 10.0 Å². The number of benzene rings is 2. The molecule has 1 unspecified atom stereocenters. The van der Waals surface area contributed by atoms with Crippen LogP contribution in [0.1, 0.15) is 17.2 Å². The molecule has 0 radical (unpaired) electrons. The molecule has 2 N–H and O–H groups in total. The lowest BCUT2D eigenvalue weighted by molar-refractivity contribution is 0.383. The van der Waals surface area contributed by atoms with Gasteiger partial charge in [0, 0.05) is 15.5 Å². The molecule has 0 saturated carbocycles. The molecule has 0 spiro atoms. The first-order chi connectivity index (χ1) is 9.52. The molecule has 0 aliphatic rings. The van der Waals surface area contributed by atoms with Crippen LogP contribution in [0.2, 0.25) is 5.02 Å². The quantitative estimate of drug-likeness (QED) is 0.874. The van der Waals surface area contributed by atoms with E-state index >= 15 is 0 Å². The molecule has 2 aromatic rings. The summed E-state index contributed by atoms with van der Waals surface area (Å²) in [4.78, 5) is 0. The molecule has 2 nitrogen and oxygen atoms in total. The molecule has 0 aromatic heterocycles. The maximum absolute atomic E-state index is 14.1. The van der Waals surface area contributed by atoms with Crippen molar-refractivity contribution in [2.24, 2.45) is 5.73 Å². The van der Waals surface area contributed by atoms with E-state index in [1.807, 2.05) is 6.07 Å². The Hall–Kier alpha value is -1.10. The normalized spacial score (nSPS) is 12.2. The number of rotatable bonds is 4. The van der Waals surface area contributed by atoms with Gasteiger partial charge in [-0.15, -0.1) is 0 Å². The van der Waals surface area contributed by atoms with Gasteiger partial charge in [-0.05, 0) is 41.8 Å². The topological polar surface area (TPSA) is 35.2 Å². The molecule has 0 amide bonds. The van der Waals surface area contributed by atoms with Crippen LogP contribution in [0.15, 0.2) is 40.9 Å². The van der Waals surface area contributed by atoms with Crippen LogP contribution in [0.25, 0.3) is 0 Å². The fraction of sp³-hybridized carbons (Fsp3) is 0.200. The molecule has 5 heteroatoms. The third kappa shape index (κ3) is 3.32. The molecule has 0 fully saturated rings. The van der Waals surface area contributed by atoms with Crippen LogP contribution in [0, 0.1) is 5.82 Å². The average molecular weight is 359 g/mol. The van der Waals surface area contributed by atoms with E-state index < -0.39 is 0 Å². The molecule has 0 heterocycles. The van der Waals surface area contributed by atoms with Gasteiger partial charge in [-0.3, -0.25) is 0 Å². The van der Waals surface area contributed by atoms with Gasteiger partial charge < -0.3 is 10.5 Å². The van der Waals surface area contributed by atoms with E-state index in [0.29, 0.717) is 17.0 Å². The Labute approximate surface area is 130 Å². The van der Waals surface area contributed by atoms with E-state index in [1.165, 1.54) is 7.11 Å². The van der Waals surface area contributed by atoms with E-state index in [9.17, 15) is 4.39 Å². The van der Waals surface area contributed by atoms with E-state index in [2.05, 4.69) is 15.9 Å². The van der Waals surface area contributed by atoms with Crippen molar-refractivity contribution in [2.45, 2.75) is 12.5 Å². The lowest BCUT2D eigenvalue weighted by atomic mass is 9.99. The predicted octanol–water partition coefficient (Wildman–Crippen LogP) is 4.49. The summed E-state index contributed by atoms with van der Waals surface area (Å²) < 4.78 is 19.9. The second-order valence-electron chi connectivity index (χ2n) is 4.41. The van der Waals surface area contributed by atoms with Crippen molar-refractivity contribution in [1.82, 2.24) is 0 Å². The molecule has 2 rings (SSSR count). The first-order valence-electron chi connectivity index (χ1n) is 6.05. The Morgan fingerprint density at radius 3 is 2.80 bits per heavy atom. The van der Waals surface area contributed by atoms with E-state index in [1.54, 1.807) is 30.3 Å². The van der Waals surface area contributed by atoms with Gasteiger partial charge in [0.1, 0.15) is 0 Å². The molecule has 0 saturated heterocycles. The molecule has 20 heavy (non-hydrogen) atoms. The Morgan fingerprint density at radius 1 is 1.35 bits per heavy atom. The van der Waals surface area contributed by atoms with E-state index in [-0.39, 0.29) is 17.6 Å². The molecular weight excluding hydrogens is 345 g/mol. The smallest absolute Gasteiger partial charge is 0.168 e. The van der Waals surface area contributed by atoms with Crippen molar-refractivity contribution in [1.29, 1.82) is 0 Å². The lowest BCUT2D eigenvalue weighted by Crippen LogP contribution is -2.15. The van der Waals surface area contributed by atoms with Crippen LogP contribution in [0.4, 0.5) is 4.39 Å². The molecule has 0 aliphatic carbocycles. The number of nitrogens with two attached hydrogens (primary N) is 1. The van der Waals surface area contributed by atoms with Gasteiger partial charge in [0.15, 0.2) is 11.6 Å². The summed E-state index contributed by atoms with van der Waals surface area (Å²) in [7, 11) is 1.44. The first-order valence-corrected chi connectivity index (χ1v) is 7.22. The minimum Gasteiger partial charge on any atom is -0.494 e. The molecule has 0 bridgehead atoms. The number of ether oxygens (including phenoxy) is 1. The van der Waals surface area contributed by atoms with Crippen molar-refractivity contribution in [3.63, 3.8) is 0 Å². The summed E-state index contributed by atoms with van der Waals surface area (Å²) in [5, 5.41) is 0.602. The predicted molar refractivity (Wildman–Crippen MR) is 82.7 cm³/mol. The molecular formula is C15H14BrClFNO. The molecule has 2 aromatic carbocycles. The summed E-state index contributed by atoms with van der Waals surface area (Å²) in [5.41, 5.74) is 7.53. The fourth-order valence-electron chi connectivity index (χ4n) is 2.02. The van der Waals surface area contributed by atoms with Crippen LogP contribution in [-0.4, -0.2) is 7.11 Å². The zero-order valence-electron chi connectivity index (χ0n) is 10.9. The number of hydrogen-bond acceptors (Lipinski definition) is 2. The molecule has 106 valence electrons. The van der Waals surface area contributed by atoms with Crippen LogP contribution in [-0.2, 0) is 6.42 Å². The third-order valence-electron chi connectivity index (χ3n) is 3.06. The number of methoxy groups -OCH3 is 1. The zero-order chi connectivity index (χ0) is 14.7. The van der Waals surface area contributed by atoms with Crippen molar-refractivity contribution in [2.75, 3.05) is 7.11 Å².